The van der Waals surface area contributed by atoms with E-state index in [4.69, 9.17) is 16.0 Å². The van der Waals surface area contributed by atoms with E-state index in [1.165, 1.54) is 10.9 Å². The zero-order chi connectivity index (χ0) is 18.8. The largest absolute Gasteiger partial charge is 0.443 e. The minimum absolute atomic E-state index is 0.256. The SMILES string of the molecule is CC[C@@H](C(=O)NCc1ccccc1Cl)n1cnc2oc(C)c(C)c2c1=O. The molecular formula is C19H20ClN3O3. The van der Waals surface area contributed by atoms with Gasteiger partial charge in [-0.1, -0.05) is 36.7 Å². The molecule has 3 rings (SSSR count). The van der Waals surface area contributed by atoms with E-state index in [-0.39, 0.29) is 11.5 Å². The number of halogens is 1. The molecule has 2 aromatic heterocycles. The predicted octanol–water partition coefficient (Wildman–Crippen LogP) is 3.53. The summed E-state index contributed by atoms with van der Waals surface area (Å²) >= 11 is 6.12. The monoisotopic (exact) mass is 373 g/mol. The summed E-state index contributed by atoms with van der Waals surface area (Å²) in [7, 11) is 0. The fourth-order valence-corrected chi connectivity index (χ4v) is 3.12. The van der Waals surface area contributed by atoms with Crippen LogP contribution in [0.5, 0.6) is 0 Å². The predicted molar refractivity (Wildman–Crippen MR) is 100 cm³/mol. The Morgan fingerprint density at radius 1 is 1.35 bits per heavy atom. The lowest BCUT2D eigenvalue weighted by atomic mass is 10.1. The summed E-state index contributed by atoms with van der Waals surface area (Å²) in [6.45, 7) is 5.74. The average Bonchev–Trinajstić information content (AvgIpc) is 2.92. The Morgan fingerprint density at radius 3 is 2.77 bits per heavy atom. The number of amides is 1. The number of carbonyl (C=O) groups is 1. The lowest BCUT2D eigenvalue weighted by Gasteiger charge is -2.17. The highest BCUT2D eigenvalue weighted by molar-refractivity contribution is 6.31. The number of aromatic nitrogens is 2. The first-order valence-electron chi connectivity index (χ1n) is 8.42. The van der Waals surface area contributed by atoms with E-state index < -0.39 is 6.04 Å². The molecule has 1 atom stereocenters. The molecule has 1 N–H and O–H groups in total. The van der Waals surface area contributed by atoms with E-state index >= 15 is 0 Å². The van der Waals surface area contributed by atoms with Crippen molar-refractivity contribution < 1.29 is 9.21 Å². The van der Waals surface area contributed by atoms with Gasteiger partial charge in [0.1, 0.15) is 23.5 Å². The van der Waals surface area contributed by atoms with Gasteiger partial charge in [0, 0.05) is 17.1 Å². The molecule has 0 saturated heterocycles. The van der Waals surface area contributed by atoms with Crippen LogP contribution in [-0.4, -0.2) is 15.5 Å². The number of carbonyl (C=O) groups excluding carboxylic acids is 1. The Morgan fingerprint density at radius 2 is 2.08 bits per heavy atom. The lowest BCUT2D eigenvalue weighted by Crippen LogP contribution is -2.37. The molecule has 0 aliphatic carbocycles. The van der Waals surface area contributed by atoms with Gasteiger partial charge in [-0.25, -0.2) is 4.98 Å². The second-order valence-corrected chi connectivity index (χ2v) is 6.56. The molecule has 0 radical (unpaired) electrons. The summed E-state index contributed by atoms with van der Waals surface area (Å²) in [4.78, 5) is 29.7. The van der Waals surface area contributed by atoms with Crippen molar-refractivity contribution in [3.8, 4) is 0 Å². The standard InChI is InChI=1S/C19H20ClN3O3/c1-4-15(17(24)21-9-13-7-5-6-8-14(13)20)23-10-22-18-16(19(23)25)11(2)12(3)26-18/h5-8,10,15H,4,9H2,1-3H3,(H,21,24)/t15-/m0/s1. The molecule has 7 heteroatoms. The maximum Gasteiger partial charge on any atom is 0.265 e. The summed E-state index contributed by atoms with van der Waals surface area (Å²) in [5.41, 5.74) is 1.59. The molecule has 0 saturated carbocycles. The Kier molecular flexibility index (Phi) is 5.13. The summed E-state index contributed by atoms with van der Waals surface area (Å²) in [5.74, 6) is 0.395. The number of benzene rings is 1. The summed E-state index contributed by atoms with van der Waals surface area (Å²) in [6, 6.07) is 6.65. The van der Waals surface area contributed by atoms with Crippen LogP contribution in [0.2, 0.25) is 5.02 Å². The number of hydrogen-bond acceptors (Lipinski definition) is 4. The third-order valence-corrected chi connectivity index (χ3v) is 4.92. The molecule has 3 aromatic rings. The van der Waals surface area contributed by atoms with Gasteiger partial charge >= 0.3 is 0 Å². The van der Waals surface area contributed by atoms with Crippen LogP contribution in [0.3, 0.4) is 0 Å². The van der Waals surface area contributed by atoms with Crippen molar-refractivity contribution >= 4 is 28.6 Å². The summed E-state index contributed by atoms with van der Waals surface area (Å²) in [6.07, 6.45) is 1.83. The molecule has 1 aromatic carbocycles. The first-order valence-corrected chi connectivity index (χ1v) is 8.79. The van der Waals surface area contributed by atoms with Crippen LogP contribution in [0.15, 0.2) is 39.8 Å². The van der Waals surface area contributed by atoms with Gasteiger partial charge in [-0.15, -0.1) is 0 Å². The van der Waals surface area contributed by atoms with Crippen molar-refractivity contribution in [2.45, 2.75) is 39.8 Å². The van der Waals surface area contributed by atoms with Gasteiger partial charge in [0.15, 0.2) is 0 Å². The second-order valence-electron chi connectivity index (χ2n) is 6.15. The number of nitrogens with zero attached hydrogens (tertiary/aromatic N) is 2. The lowest BCUT2D eigenvalue weighted by molar-refractivity contribution is -0.124. The van der Waals surface area contributed by atoms with Crippen molar-refractivity contribution in [2.75, 3.05) is 0 Å². The van der Waals surface area contributed by atoms with Crippen LogP contribution in [0.25, 0.3) is 11.1 Å². The smallest absolute Gasteiger partial charge is 0.265 e. The Bertz CT molecular complexity index is 1020. The van der Waals surface area contributed by atoms with Crippen molar-refractivity contribution in [2.24, 2.45) is 0 Å². The summed E-state index contributed by atoms with van der Waals surface area (Å²) in [5, 5.41) is 3.86. The zero-order valence-corrected chi connectivity index (χ0v) is 15.6. The van der Waals surface area contributed by atoms with Crippen LogP contribution >= 0.6 is 11.6 Å². The van der Waals surface area contributed by atoms with E-state index in [1.54, 1.807) is 13.0 Å². The molecule has 1 amide bonds. The second kappa shape index (κ2) is 7.33. The van der Waals surface area contributed by atoms with Crippen molar-refractivity contribution in [1.29, 1.82) is 0 Å². The van der Waals surface area contributed by atoms with Gasteiger partial charge in [0.2, 0.25) is 11.6 Å². The van der Waals surface area contributed by atoms with E-state index in [2.05, 4.69) is 10.3 Å². The third kappa shape index (κ3) is 3.24. The number of fused-ring (bicyclic) bond motifs is 1. The van der Waals surface area contributed by atoms with E-state index in [0.717, 1.165) is 11.1 Å². The summed E-state index contributed by atoms with van der Waals surface area (Å²) < 4.78 is 6.85. The fourth-order valence-electron chi connectivity index (χ4n) is 2.92. The minimum Gasteiger partial charge on any atom is -0.443 e. The highest BCUT2D eigenvalue weighted by atomic mass is 35.5. The number of hydrogen-bond donors (Lipinski definition) is 1. The Hall–Kier alpha value is -2.60. The molecule has 6 nitrogen and oxygen atoms in total. The van der Waals surface area contributed by atoms with E-state index in [0.29, 0.717) is 34.8 Å². The van der Waals surface area contributed by atoms with Crippen LogP contribution in [0.1, 0.15) is 36.3 Å². The maximum atomic E-state index is 12.9. The zero-order valence-electron chi connectivity index (χ0n) is 14.9. The highest BCUT2D eigenvalue weighted by Crippen LogP contribution is 2.21. The van der Waals surface area contributed by atoms with Gasteiger partial charge in [0.25, 0.3) is 5.56 Å². The van der Waals surface area contributed by atoms with Crippen molar-refractivity contribution in [1.82, 2.24) is 14.9 Å². The molecule has 0 aliphatic rings. The Balaban J connectivity index is 1.89. The minimum atomic E-state index is -0.656. The normalized spacial score (nSPS) is 12.3. The van der Waals surface area contributed by atoms with Gasteiger partial charge in [-0.2, -0.15) is 0 Å². The molecule has 0 bridgehead atoms. The van der Waals surface area contributed by atoms with Crippen LogP contribution in [-0.2, 0) is 11.3 Å². The molecule has 0 aliphatic heterocycles. The van der Waals surface area contributed by atoms with Gasteiger partial charge in [-0.3, -0.25) is 14.2 Å². The molecule has 0 spiro atoms. The molecule has 2 heterocycles. The van der Waals surface area contributed by atoms with Crippen LogP contribution < -0.4 is 10.9 Å². The number of furan rings is 1. The fraction of sp³-hybridized carbons (Fsp3) is 0.316. The van der Waals surface area contributed by atoms with Gasteiger partial charge in [-0.05, 0) is 31.9 Å². The number of nitrogens with one attached hydrogen (secondary N) is 1. The maximum absolute atomic E-state index is 12.9. The average molecular weight is 374 g/mol. The van der Waals surface area contributed by atoms with Gasteiger partial charge in [0.05, 0.1) is 0 Å². The Labute approximate surface area is 155 Å². The first-order chi connectivity index (χ1) is 12.4. The van der Waals surface area contributed by atoms with Crippen molar-refractivity contribution in [3.63, 3.8) is 0 Å². The molecule has 0 fully saturated rings. The molecule has 0 unspecified atom stereocenters. The first kappa shape index (κ1) is 18.2. The third-order valence-electron chi connectivity index (χ3n) is 4.55. The molecule has 136 valence electrons. The van der Waals surface area contributed by atoms with E-state index in [9.17, 15) is 9.59 Å². The molecule has 26 heavy (non-hydrogen) atoms. The number of rotatable bonds is 5. The highest BCUT2D eigenvalue weighted by Gasteiger charge is 2.23. The van der Waals surface area contributed by atoms with E-state index in [1.807, 2.05) is 32.0 Å². The molecular weight excluding hydrogens is 354 g/mol. The van der Waals surface area contributed by atoms with Crippen LogP contribution in [0, 0.1) is 13.8 Å². The van der Waals surface area contributed by atoms with Gasteiger partial charge < -0.3 is 9.73 Å². The quantitative estimate of drug-likeness (QED) is 0.742. The van der Waals surface area contributed by atoms with Crippen molar-refractivity contribution in [3.05, 3.63) is 62.9 Å². The van der Waals surface area contributed by atoms with Crippen LogP contribution in [0.4, 0.5) is 0 Å². The number of aryl methyl sites for hydroxylation is 2. The topological polar surface area (TPSA) is 77.1 Å².